The Morgan fingerprint density at radius 3 is 2.56 bits per heavy atom. The normalized spacial score (nSPS) is 10.6. The molecule has 0 spiro atoms. The van der Waals surface area contributed by atoms with Gasteiger partial charge in [0.15, 0.2) is 3.95 Å². The summed E-state index contributed by atoms with van der Waals surface area (Å²) < 4.78 is 3.20. The zero-order valence-electron chi connectivity index (χ0n) is 9.56. The van der Waals surface area contributed by atoms with Crippen molar-refractivity contribution in [1.82, 2.24) is 4.57 Å². The Hall–Kier alpha value is -0.930. The lowest BCUT2D eigenvalue weighted by Crippen LogP contribution is -1.98. The molecule has 1 aromatic carbocycles. The number of hydrogen-bond donors (Lipinski definition) is 0. The summed E-state index contributed by atoms with van der Waals surface area (Å²) in [5.41, 5.74) is 3.79. The zero-order valence-corrected chi connectivity index (χ0v) is 11.2. The third-order valence-electron chi connectivity index (χ3n) is 2.58. The van der Waals surface area contributed by atoms with E-state index in [2.05, 4.69) is 48.1 Å². The monoisotopic (exact) mass is 249 g/mol. The van der Waals surface area contributed by atoms with Crippen molar-refractivity contribution in [2.45, 2.75) is 26.8 Å². The molecular formula is C13H15NS2. The molecule has 1 nitrogen and oxygen atoms in total. The molecule has 2 aromatic rings. The summed E-state index contributed by atoms with van der Waals surface area (Å²) in [5.74, 6) is 0. The first-order valence-corrected chi connectivity index (χ1v) is 6.76. The van der Waals surface area contributed by atoms with Gasteiger partial charge in [-0.2, -0.15) is 0 Å². The minimum atomic E-state index is 0.970. The maximum Gasteiger partial charge on any atom is 0.161 e. The average molecular weight is 249 g/mol. The van der Waals surface area contributed by atoms with Crippen molar-refractivity contribution in [3.05, 3.63) is 39.2 Å². The van der Waals surface area contributed by atoms with Gasteiger partial charge in [-0.1, -0.05) is 36.8 Å². The van der Waals surface area contributed by atoms with E-state index >= 15 is 0 Å². The molecule has 0 N–H and O–H groups in total. The molecule has 0 radical (unpaired) electrons. The van der Waals surface area contributed by atoms with Gasteiger partial charge in [0.05, 0.1) is 5.69 Å². The van der Waals surface area contributed by atoms with Gasteiger partial charge in [-0.05, 0) is 31.1 Å². The van der Waals surface area contributed by atoms with Crippen molar-refractivity contribution in [3.8, 4) is 11.3 Å². The Kier molecular flexibility index (Phi) is 3.56. The van der Waals surface area contributed by atoms with Crippen LogP contribution in [0.1, 0.15) is 18.9 Å². The topological polar surface area (TPSA) is 4.93 Å². The van der Waals surface area contributed by atoms with E-state index in [9.17, 15) is 0 Å². The number of nitrogens with zero attached hydrogens (tertiary/aromatic N) is 1. The van der Waals surface area contributed by atoms with E-state index < -0.39 is 0 Å². The van der Waals surface area contributed by atoms with Crippen LogP contribution in [-0.2, 0) is 6.54 Å². The van der Waals surface area contributed by atoms with Crippen LogP contribution < -0.4 is 0 Å². The summed E-state index contributed by atoms with van der Waals surface area (Å²) in [7, 11) is 0. The molecule has 0 unspecified atom stereocenters. The summed E-state index contributed by atoms with van der Waals surface area (Å²) in [6.45, 7) is 5.29. The SMILES string of the molecule is CCCn1c(-c2ccc(C)cc2)csc1=S. The molecule has 84 valence electrons. The van der Waals surface area contributed by atoms with Gasteiger partial charge in [0.2, 0.25) is 0 Å². The lowest BCUT2D eigenvalue weighted by molar-refractivity contribution is 0.686. The molecule has 0 saturated heterocycles. The van der Waals surface area contributed by atoms with Crippen LogP contribution >= 0.6 is 23.6 Å². The lowest BCUT2D eigenvalue weighted by atomic mass is 10.1. The largest absolute Gasteiger partial charge is 0.323 e. The molecule has 1 heterocycles. The van der Waals surface area contributed by atoms with E-state index in [0.717, 1.165) is 16.9 Å². The minimum absolute atomic E-state index is 0.970. The van der Waals surface area contributed by atoms with Crippen LogP contribution in [0.2, 0.25) is 0 Å². The lowest BCUT2D eigenvalue weighted by Gasteiger charge is -2.07. The van der Waals surface area contributed by atoms with E-state index in [1.807, 2.05) is 0 Å². The fourth-order valence-electron chi connectivity index (χ4n) is 1.72. The summed E-state index contributed by atoms with van der Waals surface area (Å²) in [6.07, 6.45) is 1.11. The Morgan fingerprint density at radius 2 is 1.94 bits per heavy atom. The molecule has 0 atom stereocenters. The van der Waals surface area contributed by atoms with Crippen molar-refractivity contribution in [3.63, 3.8) is 0 Å². The molecular weight excluding hydrogens is 234 g/mol. The molecule has 16 heavy (non-hydrogen) atoms. The van der Waals surface area contributed by atoms with E-state index in [1.54, 1.807) is 11.3 Å². The minimum Gasteiger partial charge on any atom is -0.323 e. The predicted molar refractivity (Wildman–Crippen MR) is 73.6 cm³/mol. The molecule has 3 heteroatoms. The molecule has 2 rings (SSSR count). The maximum absolute atomic E-state index is 5.35. The molecule has 0 saturated carbocycles. The van der Waals surface area contributed by atoms with Gasteiger partial charge < -0.3 is 4.57 Å². The van der Waals surface area contributed by atoms with E-state index in [1.165, 1.54) is 16.8 Å². The van der Waals surface area contributed by atoms with Crippen LogP contribution in [0, 0.1) is 10.9 Å². The van der Waals surface area contributed by atoms with Crippen molar-refractivity contribution in [1.29, 1.82) is 0 Å². The fourth-order valence-corrected chi connectivity index (χ4v) is 2.84. The Morgan fingerprint density at radius 1 is 1.25 bits per heavy atom. The predicted octanol–water partition coefficient (Wildman–Crippen LogP) is 4.66. The highest BCUT2D eigenvalue weighted by Gasteiger charge is 2.05. The molecule has 0 bridgehead atoms. The van der Waals surface area contributed by atoms with Crippen LogP contribution in [0.15, 0.2) is 29.6 Å². The maximum atomic E-state index is 5.35. The summed E-state index contributed by atoms with van der Waals surface area (Å²) >= 11 is 6.99. The van der Waals surface area contributed by atoms with Gasteiger partial charge in [0, 0.05) is 11.9 Å². The Balaban J connectivity index is 2.47. The van der Waals surface area contributed by atoms with Crippen LogP contribution in [-0.4, -0.2) is 4.57 Å². The highest BCUT2D eigenvalue weighted by molar-refractivity contribution is 7.73. The molecule has 0 amide bonds. The molecule has 0 aliphatic carbocycles. The quantitative estimate of drug-likeness (QED) is 0.716. The fraction of sp³-hybridized carbons (Fsp3) is 0.308. The third-order valence-corrected chi connectivity index (χ3v) is 3.85. The third kappa shape index (κ3) is 2.25. The molecule has 0 fully saturated rings. The average Bonchev–Trinajstić information content (AvgIpc) is 2.63. The highest BCUT2D eigenvalue weighted by Crippen LogP contribution is 2.24. The first-order valence-electron chi connectivity index (χ1n) is 5.47. The van der Waals surface area contributed by atoms with Gasteiger partial charge >= 0.3 is 0 Å². The summed E-state index contributed by atoms with van der Waals surface area (Å²) in [5, 5.41) is 2.16. The first kappa shape index (κ1) is 11.6. The van der Waals surface area contributed by atoms with E-state index in [0.29, 0.717) is 0 Å². The number of hydrogen-bond acceptors (Lipinski definition) is 2. The van der Waals surface area contributed by atoms with Crippen molar-refractivity contribution >= 4 is 23.6 Å². The van der Waals surface area contributed by atoms with Gasteiger partial charge in [-0.25, -0.2) is 0 Å². The second kappa shape index (κ2) is 4.93. The van der Waals surface area contributed by atoms with Crippen molar-refractivity contribution in [2.24, 2.45) is 0 Å². The number of thiazole rings is 1. The zero-order chi connectivity index (χ0) is 11.5. The number of benzene rings is 1. The highest BCUT2D eigenvalue weighted by atomic mass is 32.1. The van der Waals surface area contributed by atoms with Gasteiger partial charge in [-0.3, -0.25) is 0 Å². The van der Waals surface area contributed by atoms with Crippen LogP contribution in [0.25, 0.3) is 11.3 Å². The number of aromatic nitrogens is 1. The van der Waals surface area contributed by atoms with Crippen LogP contribution in [0.3, 0.4) is 0 Å². The second-order valence-corrected chi connectivity index (χ2v) is 5.41. The van der Waals surface area contributed by atoms with E-state index in [4.69, 9.17) is 12.2 Å². The van der Waals surface area contributed by atoms with Crippen LogP contribution in [0.5, 0.6) is 0 Å². The summed E-state index contributed by atoms with van der Waals surface area (Å²) in [4.78, 5) is 0. The van der Waals surface area contributed by atoms with Gasteiger partial charge in [-0.15, -0.1) is 11.3 Å². The number of rotatable bonds is 3. The second-order valence-electron chi connectivity index (χ2n) is 3.90. The Labute approximate surface area is 105 Å². The first-order chi connectivity index (χ1) is 7.72. The summed E-state index contributed by atoms with van der Waals surface area (Å²) in [6, 6.07) is 8.62. The molecule has 0 aliphatic heterocycles. The van der Waals surface area contributed by atoms with E-state index in [-0.39, 0.29) is 0 Å². The Bertz CT molecular complexity index is 520. The smallest absolute Gasteiger partial charge is 0.161 e. The van der Waals surface area contributed by atoms with Gasteiger partial charge in [0.1, 0.15) is 0 Å². The molecule has 0 aliphatic rings. The number of aryl methyl sites for hydroxylation is 1. The van der Waals surface area contributed by atoms with Crippen molar-refractivity contribution in [2.75, 3.05) is 0 Å². The van der Waals surface area contributed by atoms with Gasteiger partial charge in [0.25, 0.3) is 0 Å². The van der Waals surface area contributed by atoms with Crippen molar-refractivity contribution < 1.29 is 0 Å². The molecule has 1 aromatic heterocycles. The van der Waals surface area contributed by atoms with Crippen LogP contribution in [0.4, 0.5) is 0 Å². The standard InChI is InChI=1S/C13H15NS2/c1-3-8-14-12(9-16-13(14)15)11-6-4-10(2)5-7-11/h4-7,9H,3,8H2,1-2H3.